The van der Waals surface area contributed by atoms with Crippen LogP contribution in [0.5, 0.6) is 5.75 Å². The molecule has 2 aromatic carbocycles. The maximum Gasteiger partial charge on any atom is 0.342 e. The molecule has 0 aliphatic rings. The van der Waals surface area contributed by atoms with Gasteiger partial charge >= 0.3 is 5.97 Å². The molecule has 2 atom stereocenters. The average molecular weight is 328 g/mol. The second-order valence-corrected chi connectivity index (χ2v) is 4.65. The van der Waals surface area contributed by atoms with E-state index in [0.717, 1.165) is 16.5 Å². The molecule has 0 radical (unpaired) electrons. The number of carbonyl (C=O) groups excluding carboxylic acids is 1. The molecule has 0 heterocycles. The third-order valence-corrected chi connectivity index (χ3v) is 3.28. The molecule has 0 amide bonds. The standard InChI is InChI=1S/C16H18FNO3.ClH/c1-3-21-16(19)14(17)15(18)12-5-4-11-9-13(20-2)7-6-10(11)8-12;/h4-9,14-15H,3,18H2,1-2H3;1H/t14?,15-;/m1./s1. The lowest BCUT2D eigenvalue weighted by molar-refractivity contribution is -0.149. The van der Waals surface area contributed by atoms with Crippen LogP contribution in [0.1, 0.15) is 18.5 Å². The van der Waals surface area contributed by atoms with Crippen LogP contribution >= 0.6 is 12.4 Å². The summed E-state index contributed by atoms with van der Waals surface area (Å²) >= 11 is 0. The Bertz CT molecular complexity index is 650. The van der Waals surface area contributed by atoms with Crippen LogP contribution in [0.4, 0.5) is 4.39 Å². The predicted octanol–water partition coefficient (Wildman–Crippen LogP) is 3.17. The number of hydrogen-bond donors (Lipinski definition) is 1. The molecule has 0 saturated carbocycles. The summed E-state index contributed by atoms with van der Waals surface area (Å²) in [5, 5.41) is 1.86. The van der Waals surface area contributed by atoms with Crippen molar-refractivity contribution in [2.75, 3.05) is 13.7 Å². The van der Waals surface area contributed by atoms with E-state index in [1.807, 2.05) is 24.3 Å². The number of halogens is 2. The summed E-state index contributed by atoms with van der Waals surface area (Å²) in [6.45, 7) is 1.75. The Morgan fingerprint density at radius 3 is 2.50 bits per heavy atom. The first-order valence-corrected chi connectivity index (χ1v) is 6.70. The average Bonchev–Trinajstić information content (AvgIpc) is 2.52. The smallest absolute Gasteiger partial charge is 0.342 e. The minimum Gasteiger partial charge on any atom is -0.497 e. The highest BCUT2D eigenvalue weighted by atomic mass is 35.5. The molecule has 22 heavy (non-hydrogen) atoms. The summed E-state index contributed by atoms with van der Waals surface area (Å²) in [5.41, 5.74) is 6.37. The van der Waals surface area contributed by atoms with Crippen molar-refractivity contribution in [1.82, 2.24) is 0 Å². The fourth-order valence-corrected chi connectivity index (χ4v) is 2.11. The Morgan fingerprint density at radius 2 is 1.86 bits per heavy atom. The van der Waals surface area contributed by atoms with E-state index in [2.05, 4.69) is 4.74 Å². The minimum absolute atomic E-state index is 0. The number of rotatable bonds is 5. The molecule has 0 aliphatic carbocycles. The zero-order valence-corrected chi connectivity index (χ0v) is 13.2. The third kappa shape index (κ3) is 3.87. The zero-order chi connectivity index (χ0) is 15.4. The molecule has 0 bridgehead atoms. The molecule has 0 saturated heterocycles. The van der Waals surface area contributed by atoms with Crippen molar-refractivity contribution >= 4 is 29.1 Å². The van der Waals surface area contributed by atoms with E-state index < -0.39 is 18.2 Å². The maximum absolute atomic E-state index is 14.0. The van der Waals surface area contributed by atoms with Crippen LogP contribution in [-0.4, -0.2) is 25.9 Å². The SMILES string of the molecule is CCOC(=O)C(F)[C@H](N)c1ccc2cc(OC)ccc2c1.Cl. The molecule has 0 fully saturated rings. The lowest BCUT2D eigenvalue weighted by atomic mass is 9.99. The molecule has 6 heteroatoms. The first-order valence-electron chi connectivity index (χ1n) is 6.70. The topological polar surface area (TPSA) is 61.5 Å². The van der Waals surface area contributed by atoms with Crippen LogP contribution in [0.15, 0.2) is 36.4 Å². The highest BCUT2D eigenvalue weighted by Gasteiger charge is 2.27. The molecule has 0 aliphatic heterocycles. The number of ether oxygens (including phenoxy) is 2. The quantitative estimate of drug-likeness (QED) is 0.857. The Hall–Kier alpha value is -1.85. The molecular formula is C16H19ClFNO3. The van der Waals surface area contributed by atoms with Crippen LogP contribution < -0.4 is 10.5 Å². The Morgan fingerprint density at radius 1 is 1.23 bits per heavy atom. The fraction of sp³-hybridized carbons (Fsp3) is 0.312. The van der Waals surface area contributed by atoms with Crippen molar-refractivity contribution in [2.45, 2.75) is 19.1 Å². The normalized spacial score (nSPS) is 13.1. The van der Waals surface area contributed by atoms with Gasteiger partial charge in [-0.1, -0.05) is 18.2 Å². The van der Waals surface area contributed by atoms with Gasteiger partial charge < -0.3 is 15.2 Å². The summed E-state index contributed by atoms with van der Waals surface area (Å²) in [4.78, 5) is 11.4. The molecule has 0 aromatic heterocycles. The van der Waals surface area contributed by atoms with E-state index in [0.29, 0.717) is 5.56 Å². The lowest BCUT2D eigenvalue weighted by Gasteiger charge is -2.16. The minimum atomic E-state index is -1.87. The molecule has 0 spiro atoms. The number of fused-ring (bicyclic) bond motifs is 1. The van der Waals surface area contributed by atoms with Crippen LogP contribution in [0.2, 0.25) is 0 Å². The zero-order valence-electron chi connectivity index (χ0n) is 12.4. The van der Waals surface area contributed by atoms with E-state index >= 15 is 0 Å². The number of nitrogens with two attached hydrogens (primary N) is 1. The summed E-state index contributed by atoms with van der Waals surface area (Å²) in [6, 6.07) is 9.81. The van der Waals surface area contributed by atoms with Crippen molar-refractivity contribution in [3.8, 4) is 5.75 Å². The molecule has 4 nitrogen and oxygen atoms in total. The first-order chi connectivity index (χ1) is 10.1. The van der Waals surface area contributed by atoms with E-state index in [-0.39, 0.29) is 19.0 Å². The van der Waals surface area contributed by atoms with Crippen LogP contribution in [0.3, 0.4) is 0 Å². The number of hydrogen-bond acceptors (Lipinski definition) is 4. The van der Waals surface area contributed by atoms with Crippen LogP contribution in [0.25, 0.3) is 10.8 Å². The largest absolute Gasteiger partial charge is 0.497 e. The van der Waals surface area contributed by atoms with Crippen LogP contribution in [-0.2, 0) is 9.53 Å². The van der Waals surface area contributed by atoms with Gasteiger partial charge in [0.15, 0.2) is 0 Å². The number of carbonyl (C=O) groups is 1. The predicted molar refractivity (Wildman–Crippen MR) is 86.2 cm³/mol. The van der Waals surface area contributed by atoms with E-state index in [1.54, 1.807) is 26.2 Å². The van der Waals surface area contributed by atoms with Gasteiger partial charge in [0.25, 0.3) is 0 Å². The van der Waals surface area contributed by atoms with Gasteiger partial charge in [-0.3, -0.25) is 0 Å². The molecule has 120 valence electrons. The van der Waals surface area contributed by atoms with Gasteiger partial charge in [0, 0.05) is 0 Å². The number of methoxy groups -OCH3 is 1. The highest BCUT2D eigenvalue weighted by molar-refractivity contribution is 5.85. The van der Waals surface area contributed by atoms with Crippen LogP contribution in [0, 0.1) is 0 Å². The number of alkyl halides is 1. The number of esters is 1. The summed E-state index contributed by atoms with van der Waals surface area (Å²) in [6.07, 6.45) is -1.87. The summed E-state index contributed by atoms with van der Waals surface area (Å²) in [5.74, 6) is -0.186. The highest BCUT2D eigenvalue weighted by Crippen LogP contribution is 2.25. The van der Waals surface area contributed by atoms with E-state index in [4.69, 9.17) is 10.5 Å². The molecule has 1 unspecified atom stereocenters. The maximum atomic E-state index is 14.0. The van der Waals surface area contributed by atoms with Gasteiger partial charge in [-0.15, -0.1) is 12.4 Å². The Labute approximate surface area is 134 Å². The third-order valence-electron chi connectivity index (χ3n) is 3.28. The first kappa shape index (κ1) is 18.2. The van der Waals surface area contributed by atoms with Gasteiger partial charge in [0.05, 0.1) is 19.8 Å². The van der Waals surface area contributed by atoms with E-state index in [9.17, 15) is 9.18 Å². The van der Waals surface area contributed by atoms with Gasteiger partial charge in [0.1, 0.15) is 5.75 Å². The Kier molecular flexibility index (Phi) is 6.59. The molecular weight excluding hydrogens is 309 g/mol. The summed E-state index contributed by atoms with van der Waals surface area (Å²) < 4.78 is 23.8. The van der Waals surface area contributed by atoms with Gasteiger partial charge in [0.2, 0.25) is 6.17 Å². The van der Waals surface area contributed by atoms with Crippen molar-refractivity contribution in [1.29, 1.82) is 0 Å². The van der Waals surface area contributed by atoms with Crippen molar-refractivity contribution in [3.05, 3.63) is 42.0 Å². The van der Waals surface area contributed by atoms with Gasteiger partial charge in [-0.2, -0.15) is 0 Å². The second-order valence-electron chi connectivity index (χ2n) is 4.65. The van der Waals surface area contributed by atoms with Crippen molar-refractivity contribution < 1.29 is 18.7 Å². The fourth-order valence-electron chi connectivity index (χ4n) is 2.11. The van der Waals surface area contributed by atoms with E-state index in [1.165, 1.54) is 0 Å². The van der Waals surface area contributed by atoms with Gasteiger partial charge in [-0.05, 0) is 41.5 Å². The molecule has 2 aromatic rings. The Balaban J connectivity index is 0.00000242. The summed E-state index contributed by atoms with van der Waals surface area (Å²) in [7, 11) is 1.60. The molecule has 2 N–H and O–H groups in total. The second kappa shape index (κ2) is 7.96. The van der Waals surface area contributed by atoms with Gasteiger partial charge in [-0.25, -0.2) is 9.18 Å². The monoisotopic (exact) mass is 327 g/mol. The molecule has 2 rings (SSSR count). The lowest BCUT2D eigenvalue weighted by Crippen LogP contribution is -2.31. The number of benzene rings is 2. The van der Waals surface area contributed by atoms with Crippen molar-refractivity contribution in [2.24, 2.45) is 5.73 Å². The van der Waals surface area contributed by atoms with Crippen molar-refractivity contribution in [3.63, 3.8) is 0 Å².